The molecule has 14 heavy (non-hydrogen) atoms. The second-order valence-electron chi connectivity index (χ2n) is 4.35. The number of hydrogen-bond acceptors (Lipinski definition) is 1. The molecule has 0 bridgehead atoms. The van der Waals surface area contributed by atoms with Gasteiger partial charge in [0, 0.05) is 13.2 Å². The average molecular weight is 191 g/mol. The molecule has 1 fully saturated rings. The third kappa shape index (κ3) is 2.50. The summed E-state index contributed by atoms with van der Waals surface area (Å²) >= 11 is 0. The van der Waals surface area contributed by atoms with E-state index in [0.29, 0.717) is 6.04 Å². The van der Waals surface area contributed by atoms with Gasteiger partial charge < -0.3 is 5.32 Å². The number of hydrogen-bond donors (Lipinski definition) is 1. The molecule has 0 saturated heterocycles. The molecule has 1 aliphatic rings. The van der Waals surface area contributed by atoms with Crippen LogP contribution in [-0.2, 0) is 0 Å². The maximum atomic E-state index is 3.61. The third-order valence-electron chi connectivity index (χ3n) is 3.03. The number of nitrogens with one attached hydrogen (secondary N) is 1. The summed E-state index contributed by atoms with van der Waals surface area (Å²) in [4.78, 5) is 0. The van der Waals surface area contributed by atoms with Crippen LogP contribution in [0.3, 0.4) is 0 Å². The minimum Gasteiger partial charge on any atom is -0.382 e. The van der Waals surface area contributed by atoms with E-state index in [1.807, 2.05) is 0 Å². The Hall–Kier alpha value is -0.980. The molecule has 1 aromatic carbocycles. The van der Waals surface area contributed by atoms with Crippen molar-refractivity contribution in [1.29, 1.82) is 0 Å². The number of anilines is 1. The molecular formula is C13H21N. The van der Waals surface area contributed by atoms with Gasteiger partial charge in [-0.1, -0.05) is 37.0 Å². The van der Waals surface area contributed by atoms with Crippen molar-refractivity contribution in [1.82, 2.24) is 0 Å². The standard InChI is InChI=1S/C13H19N.H2/c1-11-7-9-13(10-8-11)14-12-5-3-2-4-6-12;/h7-10,12,14H,2-6H2,1H3;1H. The second-order valence-corrected chi connectivity index (χ2v) is 4.35. The summed E-state index contributed by atoms with van der Waals surface area (Å²) in [5, 5.41) is 3.61. The number of aryl methyl sites for hydroxylation is 1. The predicted octanol–water partition coefficient (Wildman–Crippen LogP) is 3.99. The van der Waals surface area contributed by atoms with E-state index < -0.39 is 0 Å². The Balaban J connectivity index is 0.00000112. The van der Waals surface area contributed by atoms with Crippen molar-refractivity contribution in [3.05, 3.63) is 29.8 Å². The fraction of sp³-hybridized carbons (Fsp3) is 0.538. The highest BCUT2D eigenvalue weighted by Crippen LogP contribution is 2.21. The van der Waals surface area contributed by atoms with E-state index in [4.69, 9.17) is 0 Å². The van der Waals surface area contributed by atoms with Crippen LogP contribution in [0, 0.1) is 6.92 Å². The van der Waals surface area contributed by atoms with Gasteiger partial charge in [0.2, 0.25) is 0 Å². The van der Waals surface area contributed by atoms with Gasteiger partial charge in [0.1, 0.15) is 0 Å². The van der Waals surface area contributed by atoms with E-state index >= 15 is 0 Å². The van der Waals surface area contributed by atoms with Crippen molar-refractivity contribution in [3.8, 4) is 0 Å². The van der Waals surface area contributed by atoms with Crippen LogP contribution in [0.4, 0.5) is 5.69 Å². The highest BCUT2D eigenvalue weighted by molar-refractivity contribution is 5.45. The summed E-state index contributed by atoms with van der Waals surface area (Å²) in [7, 11) is 0. The second kappa shape index (κ2) is 4.50. The molecule has 0 aliphatic heterocycles. The van der Waals surface area contributed by atoms with Crippen LogP contribution < -0.4 is 5.32 Å². The van der Waals surface area contributed by atoms with Crippen LogP contribution in [-0.4, -0.2) is 6.04 Å². The monoisotopic (exact) mass is 191 g/mol. The van der Waals surface area contributed by atoms with Crippen molar-refractivity contribution in [3.63, 3.8) is 0 Å². The Kier molecular flexibility index (Phi) is 3.07. The zero-order chi connectivity index (χ0) is 9.80. The molecular weight excluding hydrogens is 170 g/mol. The molecule has 0 unspecified atom stereocenters. The van der Waals surface area contributed by atoms with Gasteiger partial charge in [0.05, 0.1) is 0 Å². The zero-order valence-corrected chi connectivity index (χ0v) is 8.92. The minimum absolute atomic E-state index is 0. The van der Waals surface area contributed by atoms with Gasteiger partial charge in [-0.05, 0) is 31.9 Å². The third-order valence-corrected chi connectivity index (χ3v) is 3.03. The van der Waals surface area contributed by atoms with Crippen LogP contribution in [0.5, 0.6) is 0 Å². The largest absolute Gasteiger partial charge is 0.382 e. The molecule has 0 amide bonds. The predicted molar refractivity (Wildman–Crippen MR) is 63.8 cm³/mol. The molecule has 0 heterocycles. The zero-order valence-electron chi connectivity index (χ0n) is 8.92. The first kappa shape index (κ1) is 9.57. The highest BCUT2D eigenvalue weighted by atomic mass is 14.9. The van der Waals surface area contributed by atoms with Gasteiger partial charge in [-0.3, -0.25) is 0 Å². The lowest BCUT2D eigenvalue weighted by atomic mass is 9.95. The molecule has 2 rings (SSSR count). The molecule has 78 valence electrons. The summed E-state index contributed by atoms with van der Waals surface area (Å²) in [6.45, 7) is 2.13. The Morgan fingerprint density at radius 3 is 2.36 bits per heavy atom. The average Bonchev–Trinajstić information content (AvgIpc) is 2.23. The number of rotatable bonds is 2. The van der Waals surface area contributed by atoms with Gasteiger partial charge in [-0.25, -0.2) is 0 Å². The lowest BCUT2D eigenvalue weighted by Gasteiger charge is -2.23. The van der Waals surface area contributed by atoms with Crippen molar-refractivity contribution in [2.24, 2.45) is 0 Å². The highest BCUT2D eigenvalue weighted by Gasteiger charge is 2.12. The van der Waals surface area contributed by atoms with Crippen molar-refractivity contribution < 1.29 is 1.43 Å². The van der Waals surface area contributed by atoms with Gasteiger partial charge in [-0.2, -0.15) is 0 Å². The quantitative estimate of drug-likeness (QED) is 0.745. The Morgan fingerprint density at radius 1 is 1.07 bits per heavy atom. The maximum Gasteiger partial charge on any atom is 0.0342 e. The van der Waals surface area contributed by atoms with Crippen LogP contribution in [0.2, 0.25) is 0 Å². The van der Waals surface area contributed by atoms with Gasteiger partial charge in [0.15, 0.2) is 0 Å². The van der Waals surface area contributed by atoms with Gasteiger partial charge in [0.25, 0.3) is 0 Å². The molecule has 0 atom stereocenters. The van der Waals surface area contributed by atoms with Gasteiger partial charge in [-0.15, -0.1) is 0 Å². The molecule has 1 N–H and O–H groups in total. The first-order valence-corrected chi connectivity index (χ1v) is 5.68. The van der Waals surface area contributed by atoms with E-state index in [1.54, 1.807) is 0 Å². The van der Waals surface area contributed by atoms with E-state index in [1.165, 1.54) is 43.4 Å². The first-order valence-electron chi connectivity index (χ1n) is 5.68. The SMILES string of the molecule is Cc1ccc(NC2CCCCC2)cc1.[HH]. The lowest BCUT2D eigenvalue weighted by Crippen LogP contribution is -2.22. The van der Waals surface area contributed by atoms with E-state index in [2.05, 4.69) is 36.5 Å². The topological polar surface area (TPSA) is 12.0 Å². The Morgan fingerprint density at radius 2 is 1.71 bits per heavy atom. The smallest absolute Gasteiger partial charge is 0.0342 e. The summed E-state index contributed by atoms with van der Waals surface area (Å²) in [6.07, 6.45) is 6.89. The molecule has 1 nitrogen and oxygen atoms in total. The lowest BCUT2D eigenvalue weighted by molar-refractivity contribution is 0.463. The molecule has 1 aliphatic carbocycles. The van der Waals surface area contributed by atoms with Crippen LogP contribution >= 0.6 is 0 Å². The van der Waals surface area contributed by atoms with E-state index in [9.17, 15) is 0 Å². The van der Waals surface area contributed by atoms with Crippen molar-refractivity contribution >= 4 is 5.69 Å². The minimum atomic E-state index is 0. The maximum absolute atomic E-state index is 3.61. The molecule has 0 spiro atoms. The van der Waals surface area contributed by atoms with Crippen molar-refractivity contribution in [2.45, 2.75) is 45.1 Å². The van der Waals surface area contributed by atoms with Crippen LogP contribution in [0.15, 0.2) is 24.3 Å². The molecule has 0 aromatic heterocycles. The van der Waals surface area contributed by atoms with Crippen LogP contribution in [0.25, 0.3) is 0 Å². The summed E-state index contributed by atoms with van der Waals surface area (Å²) in [6, 6.07) is 9.43. The first-order chi connectivity index (χ1) is 6.84. The fourth-order valence-corrected chi connectivity index (χ4v) is 2.13. The summed E-state index contributed by atoms with van der Waals surface area (Å²) in [5.41, 5.74) is 2.61. The number of benzene rings is 1. The Bertz CT molecular complexity index is 275. The molecule has 1 heteroatoms. The Labute approximate surface area is 88.0 Å². The van der Waals surface area contributed by atoms with Crippen LogP contribution in [0.1, 0.15) is 39.1 Å². The summed E-state index contributed by atoms with van der Waals surface area (Å²) in [5.74, 6) is 0. The molecule has 0 radical (unpaired) electrons. The van der Waals surface area contributed by atoms with E-state index in [0.717, 1.165) is 0 Å². The van der Waals surface area contributed by atoms with Gasteiger partial charge >= 0.3 is 0 Å². The summed E-state index contributed by atoms with van der Waals surface area (Å²) < 4.78 is 0. The fourth-order valence-electron chi connectivity index (χ4n) is 2.13. The molecule has 1 aromatic rings. The normalized spacial score (nSPS) is 18.1. The van der Waals surface area contributed by atoms with Crippen molar-refractivity contribution in [2.75, 3.05) is 5.32 Å². The molecule has 1 saturated carbocycles. The van der Waals surface area contributed by atoms with E-state index in [-0.39, 0.29) is 1.43 Å².